The summed E-state index contributed by atoms with van der Waals surface area (Å²) >= 11 is 1.58. The minimum absolute atomic E-state index is 0.0141. The molecule has 2 aliphatic rings. The topological polar surface area (TPSA) is 53.0 Å². The quantitative estimate of drug-likeness (QED) is 0.465. The Hall–Kier alpha value is -3.25. The number of carbonyl (C=O) groups is 2. The first-order chi connectivity index (χ1) is 17.0. The number of aryl methyl sites for hydroxylation is 2. The van der Waals surface area contributed by atoms with Crippen molar-refractivity contribution in [1.29, 1.82) is 0 Å². The summed E-state index contributed by atoms with van der Waals surface area (Å²) in [6.45, 7) is 5.64. The number of nitrogens with zero attached hydrogens (tertiary/aromatic N) is 3. The Labute approximate surface area is 211 Å². The fourth-order valence-corrected chi connectivity index (χ4v) is 5.69. The van der Waals surface area contributed by atoms with E-state index < -0.39 is 0 Å². The van der Waals surface area contributed by atoms with Gasteiger partial charge in [0, 0.05) is 18.0 Å². The van der Waals surface area contributed by atoms with Gasteiger partial charge in [0.1, 0.15) is 6.54 Å². The molecule has 0 atom stereocenters. The van der Waals surface area contributed by atoms with E-state index >= 15 is 0 Å². The van der Waals surface area contributed by atoms with Crippen LogP contribution in [0.15, 0.2) is 65.0 Å². The predicted octanol–water partition coefficient (Wildman–Crippen LogP) is 5.70. The molecule has 3 aromatic rings. The molecule has 0 radical (unpaired) electrons. The lowest BCUT2D eigenvalue weighted by atomic mass is 9.90. The number of aliphatic imine (C=N–C) groups is 1. The molecule has 5 nitrogen and oxygen atoms in total. The van der Waals surface area contributed by atoms with Crippen molar-refractivity contribution in [1.82, 2.24) is 4.90 Å². The zero-order chi connectivity index (χ0) is 24.4. The van der Waals surface area contributed by atoms with Crippen LogP contribution in [0.1, 0.15) is 40.8 Å². The Morgan fingerprint density at radius 1 is 1.03 bits per heavy atom. The molecule has 0 unspecified atom stereocenters. The first-order valence-electron chi connectivity index (χ1n) is 12.3. The fraction of sp³-hybridized carbons (Fsp3) is 0.345. The van der Waals surface area contributed by atoms with Gasteiger partial charge < -0.3 is 9.80 Å². The number of fused-ring (bicyclic) bond motifs is 1. The van der Waals surface area contributed by atoms with Crippen molar-refractivity contribution in [2.45, 2.75) is 39.5 Å². The average molecular weight is 486 g/mol. The van der Waals surface area contributed by atoms with E-state index in [-0.39, 0.29) is 24.8 Å². The lowest BCUT2D eigenvalue weighted by Crippen LogP contribution is -2.46. The summed E-state index contributed by atoms with van der Waals surface area (Å²) in [6, 6.07) is 18.6. The normalized spacial score (nSPS) is 16.6. The SMILES string of the molecule is Cc1cc2c(cc1C)N(CC(=O)N1CCC(Cc3ccccc3)CC1)C(=O)CC(c1cccs1)=N2. The average Bonchev–Trinajstić information content (AvgIpc) is 3.36. The van der Waals surface area contributed by atoms with E-state index in [2.05, 4.69) is 31.2 Å². The van der Waals surface area contributed by atoms with Gasteiger partial charge in [0.15, 0.2) is 0 Å². The highest BCUT2D eigenvalue weighted by Crippen LogP contribution is 2.36. The van der Waals surface area contributed by atoms with Crippen LogP contribution >= 0.6 is 11.3 Å². The highest BCUT2D eigenvalue weighted by Gasteiger charge is 2.30. The summed E-state index contributed by atoms with van der Waals surface area (Å²) in [6.07, 6.45) is 3.24. The van der Waals surface area contributed by atoms with Crippen LogP contribution in [0.25, 0.3) is 0 Å². The molecule has 2 amide bonds. The van der Waals surface area contributed by atoms with E-state index in [1.54, 1.807) is 16.2 Å². The smallest absolute Gasteiger partial charge is 0.242 e. The third-order valence-corrected chi connectivity index (χ3v) is 8.11. The van der Waals surface area contributed by atoms with Gasteiger partial charge in [-0.05, 0) is 79.3 Å². The Bertz CT molecular complexity index is 1240. The summed E-state index contributed by atoms with van der Waals surface area (Å²) in [5.41, 5.74) is 5.83. The summed E-state index contributed by atoms with van der Waals surface area (Å²) in [4.78, 5) is 36.3. The van der Waals surface area contributed by atoms with Gasteiger partial charge in [0.05, 0.1) is 23.5 Å². The summed E-state index contributed by atoms with van der Waals surface area (Å²) in [5, 5.41) is 2.00. The molecule has 3 heterocycles. The molecule has 0 saturated carbocycles. The number of benzene rings is 2. The second-order valence-corrected chi connectivity index (χ2v) is 10.6. The zero-order valence-corrected chi connectivity index (χ0v) is 21.2. The van der Waals surface area contributed by atoms with E-state index in [0.717, 1.165) is 65.4 Å². The number of hydrogen-bond donors (Lipinski definition) is 0. The van der Waals surface area contributed by atoms with Crippen LogP contribution in [0, 0.1) is 19.8 Å². The van der Waals surface area contributed by atoms with Gasteiger partial charge in [-0.15, -0.1) is 11.3 Å². The monoisotopic (exact) mass is 485 g/mol. The number of rotatable bonds is 5. The Morgan fingerprint density at radius 3 is 2.49 bits per heavy atom. The van der Waals surface area contributed by atoms with E-state index in [1.807, 2.05) is 47.5 Å². The molecular formula is C29H31N3O2S. The van der Waals surface area contributed by atoms with Gasteiger partial charge >= 0.3 is 0 Å². The molecular weight excluding hydrogens is 454 g/mol. The Morgan fingerprint density at radius 2 is 1.77 bits per heavy atom. The van der Waals surface area contributed by atoms with Crippen LogP contribution in [-0.4, -0.2) is 42.1 Å². The maximum atomic E-state index is 13.4. The van der Waals surface area contributed by atoms with Gasteiger partial charge in [-0.3, -0.25) is 9.59 Å². The number of amides is 2. The maximum absolute atomic E-state index is 13.4. The fourth-order valence-electron chi connectivity index (χ4n) is 4.98. The molecule has 2 aliphatic heterocycles. The molecule has 0 aliphatic carbocycles. The van der Waals surface area contributed by atoms with Crippen molar-refractivity contribution in [2.24, 2.45) is 10.9 Å². The third-order valence-electron chi connectivity index (χ3n) is 7.19. The zero-order valence-electron chi connectivity index (χ0n) is 20.4. The van der Waals surface area contributed by atoms with Crippen molar-refractivity contribution < 1.29 is 9.59 Å². The highest BCUT2D eigenvalue weighted by molar-refractivity contribution is 7.12. The molecule has 180 valence electrons. The number of hydrogen-bond acceptors (Lipinski definition) is 4. The summed E-state index contributed by atoms with van der Waals surface area (Å²) in [5.74, 6) is 0.529. The van der Waals surface area contributed by atoms with Crippen LogP contribution < -0.4 is 4.90 Å². The number of anilines is 1. The Kier molecular flexibility index (Phi) is 6.82. The Balaban J connectivity index is 1.31. The standard InChI is InChI=1S/C29H31N3O2S/c1-20-15-24-26(16-21(20)2)32(28(33)18-25(30-24)27-9-6-14-35-27)19-29(34)31-12-10-23(11-13-31)17-22-7-4-3-5-8-22/h3-9,14-16,23H,10-13,17-19H2,1-2H3. The van der Waals surface area contributed by atoms with Crippen molar-refractivity contribution >= 4 is 40.2 Å². The van der Waals surface area contributed by atoms with E-state index in [9.17, 15) is 9.59 Å². The maximum Gasteiger partial charge on any atom is 0.242 e. The van der Waals surface area contributed by atoms with Crippen LogP contribution in [0.3, 0.4) is 0 Å². The van der Waals surface area contributed by atoms with Crippen LogP contribution in [0.2, 0.25) is 0 Å². The minimum Gasteiger partial charge on any atom is -0.341 e. The van der Waals surface area contributed by atoms with Gasteiger partial charge in [-0.1, -0.05) is 36.4 Å². The van der Waals surface area contributed by atoms with Gasteiger partial charge in [0.2, 0.25) is 11.8 Å². The van der Waals surface area contributed by atoms with Crippen molar-refractivity contribution in [3.63, 3.8) is 0 Å². The second kappa shape index (κ2) is 10.2. The number of likely N-dealkylation sites (tertiary alicyclic amines) is 1. The van der Waals surface area contributed by atoms with E-state index in [1.165, 1.54) is 5.56 Å². The molecule has 0 spiro atoms. The second-order valence-electron chi connectivity index (χ2n) is 9.63. The molecule has 1 saturated heterocycles. The van der Waals surface area contributed by atoms with Gasteiger partial charge in [-0.2, -0.15) is 0 Å². The molecule has 0 bridgehead atoms. The van der Waals surface area contributed by atoms with Gasteiger partial charge in [-0.25, -0.2) is 4.99 Å². The summed E-state index contributed by atoms with van der Waals surface area (Å²) < 4.78 is 0. The van der Waals surface area contributed by atoms with E-state index in [0.29, 0.717) is 5.92 Å². The largest absolute Gasteiger partial charge is 0.341 e. The van der Waals surface area contributed by atoms with Crippen molar-refractivity contribution in [3.05, 3.63) is 81.5 Å². The molecule has 1 fully saturated rings. The van der Waals surface area contributed by atoms with Crippen molar-refractivity contribution in [2.75, 3.05) is 24.5 Å². The number of thiophene rings is 1. The van der Waals surface area contributed by atoms with Crippen molar-refractivity contribution in [3.8, 4) is 0 Å². The third kappa shape index (κ3) is 5.22. The van der Waals surface area contributed by atoms with E-state index in [4.69, 9.17) is 4.99 Å². The highest BCUT2D eigenvalue weighted by atomic mass is 32.1. The first kappa shape index (κ1) is 23.5. The van der Waals surface area contributed by atoms with Crippen LogP contribution in [0.5, 0.6) is 0 Å². The predicted molar refractivity (Wildman–Crippen MR) is 143 cm³/mol. The molecule has 2 aromatic carbocycles. The number of carbonyl (C=O) groups excluding carboxylic acids is 2. The lowest BCUT2D eigenvalue weighted by molar-refractivity contribution is -0.132. The molecule has 0 N–H and O–H groups in total. The molecule has 5 rings (SSSR count). The lowest BCUT2D eigenvalue weighted by Gasteiger charge is -2.34. The molecule has 6 heteroatoms. The van der Waals surface area contributed by atoms with Crippen LogP contribution in [-0.2, 0) is 16.0 Å². The number of piperidine rings is 1. The molecule has 1 aromatic heterocycles. The van der Waals surface area contributed by atoms with Crippen LogP contribution in [0.4, 0.5) is 11.4 Å². The minimum atomic E-state index is -0.0773. The first-order valence-corrected chi connectivity index (χ1v) is 13.2. The molecule has 35 heavy (non-hydrogen) atoms. The van der Waals surface area contributed by atoms with Gasteiger partial charge in [0.25, 0.3) is 0 Å². The summed E-state index contributed by atoms with van der Waals surface area (Å²) in [7, 11) is 0.